The fourth-order valence-corrected chi connectivity index (χ4v) is 8.46. The van der Waals surface area contributed by atoms with Gasteiger partial charge in [-0.25, -0.2) is 0 Å². The van der Waals surface area contributed by atoms with Crippen molar-refractivity contribution in [2.24, 2.45) is 17.8 Å². The summed E-state index contributed by atoms with van der Waals surface area (Å²) < 4.78 is 4.93. The van der Waals surface area contributed by atoms with Crippen LogP contribution in [0.2, 0.25) is 0 Å². The number of amides is 2. The highest BCUT2D eigenvalue weighted by atomic mass is 32.2. The number of carbonyl (C=O) groups is 3. The van der Waals surface area contributed by atoms with Gasteiger partial charge < -0.3 is 19.6 Å². The Morgan fingerprint density at radius 3 is 2.58 bits per heavy atom. The summed E-state index contributed by atoms with van der Waals surface area (Å²) in [5, 5.41) is 10.4. The van der Waals surface area contributed by atoms with E-state index < -0.39 is 34.2 Å². The van der Waals surface area contributed by atoms with Crippen molar-refractivity contribution in [1.82, 2.24) is 9.80 Å². The number of unbranched alkanes of at least 4 members (excludes halogenated alkanes) is 1. The second kappa shape index (κ2) is 11.3. The number of likely N-dealkylation sites (tertiary alicyclic amines) is 1. The Kier molecular flexibility index (Phi) is 9.03. The summed E-state index contributed by atoms with van der Waals surface area (Å²) in [7, 11) is 0. The fraction of sp³-hybridized carbons (Fsp3) is 0.750. The van der Waals surface area contributed by atoms with E-state index in [1.54, 1.807) is 33.7 Å². The van der Waals surface area contributed by atoms with Crippen LogP contribution >= 0.6 is 11.8 Å². The molecule has 1 N–H and O–H groups in total. The predicted octanol–water partition coefficient (Wildman–Crippen LogP) is 3.81. The zero-order valence-electron chi connectivity index (χ0n) is 22.6. The molecule has 3 aliphatic heterocycles. The van der Waals surface area contributed by atoms with E-state index in [0.717, 1.165) is 19.3 Å². The van der Waals surface area contributed by atoms with Crippen LogP contribution in [0.4, 0.5) is 0 Å². The minimum Gasteiger partial charge on any atom is -0.465 e. The van der Waals surface area contributed by atoms with Crippen LogP contribution in [0.3, 0.4) is 0 Å². The summed E-state index contributed by atoms with van der Waals surface area (Å²) in [6, 6.07) is -1.24. The van der Waals surface area contributed by atoms with Crippen LogP contribution in [-0.4, -0.2) is 80.1 Å². The van der Waals surface area contributed by atoms with E-state index in [1.807, 2.05) is 34.6 Å². The highest BCUT2D eigenvalue weighted by molar-refractivity contribution is 8.02. The van der Waals surface area contributed by atoms with Gasteiger partial charge in [0.1, 0.15) is 6.04 Å². The monoisotopic (exact) mass is 520 g/mol. The predicted molar refractivity (Wildman–Crippen MR) is 143 cm³/mol. The van der Waals surface area contributed by atoms with E-state index in [9.17, 15) is 19.5 Å². The Labute approximate surface area is 220 Å². The molecule has 7 nitrogen and oxygen atoms in total. The van der Waals surface area contributed by atoms with Crippen LogP contribution in [0.5, 0.6) is 0 Å². The van der Waals surface area contributed by atoms with Crippen LogP contribution in [-0.2, 0) is 19.1 Å². The molecule has 8 heteroatoms. The molecular weight excluding hydrogens is 476 g/mol. The number of fused-ring (bicyclic) bond motifs is 1. The maximum Gasteiger partial charge on any atom is 0.310 e. The van der Waals surface area contributed by atoms with Gasteiger partial charge in [-0.15, -0.1) is 24.9 Å². The third kappa shape index (κ3) is 4.87. The molecule has 2 unspecified atom stereocenters. The SMILES string of the molecule is C=CCCCOC(=O)[C@@H]1[C@@H]2CCC3(S2)C(C(=O)N(CC=C)C(C)(C)C)N([C@@H](CO)[C@@H](C)CC)C(=O)[C@H]13. The lowest BCUT2D eigenvalue weighted by Gasteiger charge is -2.44. The minimum atomic E-state index is -0.742. The van der Waals surface area contributed by atoms with Crippen LogP contribution in [0.15, 0.2) is 25.3 Å². The maximum absolute atomic E-state index is 14.4. The molecule has 0 saturated carbocycles. The Hall–Kier alpha value is -1.80. The van der Waals surface area contributed by atoms with Crippen molar-refractivity contribution in [3.05, 3.63) is 25.3 Å². The molecule has 202 valence electrons. The molecule has 3 rings (SSSR count). The number of rotatable bonds is 12. The number of ether oxygens (including phenoxy) is 1. The summed E-state index contributed by atoms with van der Waals surface area (Å²) in [5.41, 5.74) is -0.482. The second-order valence-corrected chi connectivity index (χ2v) is 13.0. The molecule has 1 spiro atoms. The molecule has 0 aromatic carbocycles. The maximum atomic E-state index is 14.4. The smallest absolute Gasteiger partial charge is 0.310 e. The highest BCUT2D eigenvalue weighted by Crippen LogP contribution is 2.67. The average Bonchev–Trinajstić information content (AvgIpc) is 3.47. The molecule has 2 bridgehead atoms. The van der Waals surface area contributed by atoms with Crippen LogP contribution in [0, 0.1) is 17.8 Å². The Morgan fingerprint density at radius 1 is 1.33 bits per heavy atom. The first-order valence-corrected chi connectivity index (χ1v) is 14.2. The van der Waals surface area contributed by atoms with Crippen LogP contribution in [0.25, 0.3) is 0 Å². The van der Waals surface area contributed by atoms with E-state index >= 15 is 0 Å². The van der Waals surface area contributed by atoms with E-state index in [-0.39, 0.29) is 35.6 Å². The third-order valence-electron chi connectivity index (χ3n) is 8.27. The number of aliphatic hydroxyl groups excluding tert-OH is 1. The van der Waals surface area contributed by atoms with Gasteiger partial charge in [-0.05, 0) is 52.4 Å². The molecule has 3 heterocycles. The summed E-state index contributed by atoms with van der Waals surface area (Å²) in [6.07, 6.45) is 7.16. The lowest BCUT2D eigenvalue weighted by Crippen LogP contribution is -2.61. The molecule has 7 atom stereocenters. The van der Waals surface area contributed by atoms with E-state index in [0.29, 0.717) is 26.0 Å². The zero-order chi connectivity index (χ0) is 26.8. The lowest BCUT2D eigenvalue weighted by atomic mass is 9.71. The lowest BCUT2D eigenvalue weighted by molar-refractivity contribution is -0.155. The summed E-state index contributed by atoms with van der Waals surface area (Å²) >= 11 is 1.63. The Balaban J connectivity index is 2.06. The number of thioether (sulfide) groups is 1. The minimum absolute atomic E-state index is 0.00141. The summed E-state index contributed by atoms with van der Waals surface area (Å²) in [5.74, 6) is -1.85. The van der Waals surface area contributed by atoms with Crippen LogP contribution in [0.1, 0.15) is 66.7 Å². The van der Waals surface area contributed by atoms with Gasteiger partial charge in [0, 0.05) is 17.3 Å². The average molecular weight is 521 g/mol. The Morgan fingerprint density at radius 2 is 2.03 bits per heavy atom. The first kappa shape index (κ1) is 28.8. The fourth-order valence-electron chi connectivity index (χ4n) is 6.28. The second-order valence-electron chi connectivity index (χ2n) is 11.4. The first-order valence-electron chi connectivity index (χ1n) is 13.3. The molecule has 0 aromatic heterocycles. The molecule has 2 amide bonds. The number of nitrogens with zero attached hydrogens (tertiary/aromatic N) is 2. The number of carbonyl (C=O) groups excluding carboxylic acids is 3. The van der Waals surface area contributed by atoms with Gasteiger partial charge in [0.15, 0.2) is 0 Å². The first-order chi connectivity index (χ1) is 17.0. The third-order valence-corrected chi connectivity index (χ3v) is 10.2. The van der Waals surface area contributed by atoms with Crippen molar-refractivity contribution < 1.29 is 24.2 Å². The van der Waals surface area contributed by atoms with Gasteiger partial charge in [0.25, 0.3) is 0 Å². The topological polar surface area (TPSA) is 87.2 Å². The highest BCUT2D eigenvalue weighted by Gasteiger charge is 2.75. The Bertz CT molecular complexity index is 870. The number of hydrogen-bond donors (Lipinski definition) is 1. The molecular formula is C28H44N2O5S. The molecule has 0 aromatic rings. The normalized spacial score (nSPS) is 30.6. The number of esters is 1. The summed E-state index contributed by atoms with van der Waals surface area (Å²) in [6.45, 7) is 17.9. The summed E-state index contributed by atoms with van der Waals surface area (Å²) in [4.78, 5) is 45.3. The van der Waals surface area contributed by atoms with Gasteiger partial charge in [-0.1, -0.05) is 32.4 Å². The van der Waals surface area contributed by atoms with Gasteiger partial charge in [0.05, 0.1) is 35.8 Å². The number of hydrogen-bond acceptors (Lipinski definition) is 6. The van der Waals surface area contributed by atoms with Gasteiger partial charge in [0.2, 0.25) is 11.8 Å². The van der Waals surface area contributed by atoms with Crippen molar-refractivity contribution in [3.63, 3.8) is 0 Å². The largest absolute Gasteiger partial charge is 0.465 e. The molecule has 36 heavy (non-hydrogen) atoms. The van der Waals surface area contributed by atoms with E-state index in [1.165, 1.54) is 0 Å². The molecule has 0 radical (unpaired) electrons. The molecule has 3 saturated heterocycles. The van der Waals surface area contributed by atoms with Gasteiger partial charge in [-0.2, -0.15) is 0 Å². The van der Waals surface area contributed by atoms with Gasteiger partial charge >= 0.3 is 5.97 Å². The van der Waals surface area contributed by atoms with Crippen LogP contribution < -0.4 is 0 Å². The zero-order valence-corrected chi connectivity index (χ0v) is 23.4. The van der Waals surface area contributed by atoms with Crippen molar-refractivity contribution in [2.45, 2.75) is 94.3 Å². The van der Waals surface area contributed by atoms with Crippen molar-refractivity contribution in [2.75, 3.05) is 19.8 Å². The van der Waals surface area contributed by atoms with Crippen molar-refractivity contribution in [1.29, 1.82) is 0 Å². The van der Waals surface area contributed by atoms with Gasteiger partial charge in [-0.3, -0.25) is 14.4 Å². The van der Waals surface area contributed by atoms with E-state index in [2.05, 4.69) is 13.2 Å². The van der Waals surface area contributed by atoms with E-state index in [4.69, 9.17) is 4.74 Å². The van der Waals surface area contributed by atoms with Crippen molar-refractivity contribution >= 4 is 29.5 Å². The van der Waals surface area contributed by atoms with Crippen molar-refractivity contribution in [3.8, 4) is 0 Å². The standard InChI is InChI=1S/C28H44N2O5S/c1-8-11-12-16-35-26(34)21-20-13-14-28(36-20)22(21)24(32)30(19(17-31)18(4)10-3)23(28)25(33)29(15-9-2)27(5,6)7/h8-9,18-23,31H,1-2,10-17H2,3-7H3/t18-,19-,20-,21+,22-,23?,28?/m0/s1. The molecule has 3 aliphatic rings. The molecule has 3 fully saturated rings. The number of allylic oxidation sites excluding steroid dienone is 1. The quantitative estimate of drug-likeness (QED) is 0.239. The molecule has 0 aliphatic carbocycles. The number of aliphatic hydroxyl groups is 1.